The van der Waals surface area contributed by atoms with E-state index in [-0.39, 0.29) is 0 Å². The number of benzene rings is 2. The van der Waals surface area contributed by atoms with Crippen molar-refractivity contribution in [3.8, 4) is 28.6 Å². The summed E-state index contributed by atoms with van der Waals surface area (Å²) in [6, 6.07) is 15.5. The standard InChI is InChI=1S/C33H32N4O5.C3H6O/c1-20-13-23(16-30-36-32-27(37(30)2)14-24(33(38)40-4)15-29(32)39-3)28-17-25(20)26-8-5-9-31(35-26)42-19-22-10-11-34-18-21(22)7-6-12-41-28;1-2-4-3-1/h5,8-11,13-15,17-18H,6-7,12,16,19H2,1-4H3;1-3H2. The predicted octanol–water partition coefficient (Wildman–Crippen LogP) is 6.04. The van der Waals surface area contributed by atoms with E-state index < -0.39 is 5.97 Å². The molecule has 1 fully saturated rings. The third-order valence-corrected chi connectivity index (χ3v) is 8.25. The zero-order valence-electron chi connectivity index (χ0n) is 26.7. The van der Waals surface area contributed by atoms with E-state index in [0.29, 0.717) is 42.3 Å². The normalized spacial score (nSPS) is 13.9. The average molecular weight is 623 g/mol. The van der Waals surface area contributed by atoms with Crippen LogP contribution in [0.25, 0.3) is 22.3 Å². The molecule has 0 radical (unpaired) electrons. The second kappa shape index (κ2) is 14.0. The highest BCUT2D eigenvalue weighted by Gasteiger charge is 2.20. The molecule has 1 saturated heterocycles. The van der Waals surface area contributed by atoms with Crippen LogP contribution in [0.2, 0.25) is 0 Å². The molecule has 4 bridgehead atoms. The minimum Gasteiger partial charge on any atom is -0.494 e. The first-order chi connectivity index (χ1) is 22.4. The Morgan fingerprint density at radius 2 is 1.80 bits per heavy atom. The number of aromatic nitrogens is 4. The van der Waals surface area contributed by atoms with Gasteiger partial charge in [0.05, 0.1) is 37.6 Å². The quantitative estimate of drug-likeness (QED) is 0.222. The summed E-state index contributed by atoms with van der Waals surface area (Å²) < 4.78 is 29.8. The SMILES string of the molecule is C1COC1.COC(=O)c1cc(OC)c2nc(Cc3cc(C)c4cc3OCCCc3cnccc3COc3cccc-4n3)n(C)c2c1. The van der Waals surface area contributed by atoms with E-state index in [1.165, 1.54) is 13.5 Å². The van der Waals surface area contributed by atoms with Crippen molar-refractivity contribution in [3.05, 3.63) is 94.6 Å². The molecule has 238 valence electrons. The molecule has 10 heteroatoms. The van der Waals surface area contributed by atoms with Gasteiger partial charge < -0.3 is 28.3 Å². The van der Waals surface area contributed by atoms with Crippen LogP contribution in [0.5, 0.6) is 17.4 Å². The molecule has 2 aliphatic heterocycles. The summed E-state index contributed by atoms with van der Waals surface area (Å²) in [5.41, 5.74) is 7.97. The van der Waals surface area contributed by atoms with Crippen LogP contribution in [0.15, 0.2) is 60.9 Å². The van der Waals surface area contributed by atoms with E-state index in [0.717, 1.165) is 76.7 Å². The summed E-state index contributed by atoms with van der Waals surface area (Å²) >= 11 is 0. The number of ether oxygens (including phenoxy) is 5. The lowest BCUT2D eigenvalue weighted by Gasteiger charge is -2.17. The third-order valence-electron chi connectivity index (χ3n) is 8.25. The third kappa shape index (κ3) is 6.67. The molecular formula is C36H38N4O6. The van der Waals surface area contributed by atoms with Gasteiger partial charge in [0, 0.05) is 56.3 Å². The Hall–Kier alpha value is -4.96. The van der Waals surface area contributed by atoms with E-state index in [2.05, 4.69) is 24.0 Å². The summed E-state index contributed by atoms with van der Waals surface area (Å²) in [4.78, 5) is 26.3. The van der Waals surface area contributed by atoms with Crippen molar-refractivity contribution >= 4 is 17.0 Å². The fraction of sp³-hybridized carbons (Fsp3) is 0.333. The van der Waals surface area contributed by atoms with Crippen molar-refractivity contribution in [3.63, 3.8) is 0 Å². The predicted molar refractivity (Wildman–Crippen MR) is 174 cm³/mol. The van der Waals surface area contributed by atoms with Gasteiger partial charge in [0.2, 0.25) is 5.88 Å². The van der Waals surface area contributed by atoms with Crippen LogP contribution in [0.3, 0.4) is 0 Å². The summed E-state index contributed by atoms with van der Waals surface area (Å²) in [6.07, 6.45) is 7.13. The number of fused-ring (bicyclic) bond motifs is 7. The number of aryl methyl sites for hydroxylation is 3. The van der Waals surface area contributed by atoms with Crippen molar-refractivity contribution < 1.29 is 28.5 Å². The molecule has 0 spiro atoms. The smallest absolute Gasteiger partial charge is 0.338 e. The lowest BCUT2D eigenvalue weighted by Crippen LogP contribution is -2.09. The topological polar surface area (TPSA) is 107 Å². The number of methoxy groups -OCH3 is 2. The van der Waals surface area contributed by atoms with Gasteiger partial charge in [-0.3, -0.25) is 4.98 Å². The molecule has 0 saturated carbocycles. The number of rotatable bonds is 4. The molecule has 46 heavy (non-hydrogen) atoms. The van der Waals surface area contributed by atoms with Crippen LogP contribution in [-0.4, -0.2) is 59.5 Å². The van der Waals surface area contributed by atoms with Gasteiger partial charge in [0.1, 0.15) is 29.4 Å². The Morgan fingerprint density at radius 3 is 2.57 bits per heavy atom. The highest BCUT2D eigenvalue weighted by molar-refractivity contribution is 5.96. The van der Waals surface area contributed by atoms with Crippen LogP contribution in [0.4, 0.5) is 0 Å². The fourth-order valence-corrected chi connectivity index (χ4v) is 5.53. The fourth-order valence-electron chi connectivity index (χ4n) is 5.53. The molecule has 2 aliphatic rings. The van der Waals surface area contributed by atoms with Gasteiger partial charge in [0.25, 0.3) is 0 Å². The lowest BCUT2D eigenvalue weighted by molar-refractivity contribution is 0.0367. The maximum absolute atomic E-state index is 12.3. The molecule has 0 aliphatic carbocycles. The summed E-state index contributed by atoms with van der Waals surface area (Å²) in [5.74, 6) is 2.24. The highest BCUT2D eigenvalue weighted by Crippen LogP contribution is 2.34. The van der Waals surface area contributed by atoms with Gasteiger partial charge in [-0.1, -0.05) is 12.1 Å². The number of nitrogens with zero attached hydrogens (tertiary/aromatic N) is 4. The maximum Gasteiger partial charge on any atom is 0.338 e. The molecule has 0 unspecified atom stereocenters. The van der Waals surface area contributed by atoms with E-state index in [9.17, 15) is 4.79 Å². The van der Waals surface area contributed by atoms with E-state index >= 15 is 0 Å². The Morgan fingerprint density at radius 1 is 0.978 bits per heavy atom. The maximum atomic E-state index is 12.3. The van der Waals surface area contributed by atoms with Crippen LogP contribution in [0, 0.1) is 6.92 Å². The van der Waals surface area contributed by atoms with E-state index in [1.54, 1.807) is 25.4 Å². The number of carbonyl (C=O) groups excluding carboxylic acids is 1. The van der Waals surface area contributed by atoms with Crippen LogP contribution >= 0.6 is 0 Å². The average Bonchev–Trinajstić information content (AvgIpc) is 3.36. The Bertz CT molecular complexity index is 1860. The molecule has 7 rings (SSSR count). The minimum absolute atomic E-state index is 0.407. The van der Waals surface area contributed by atoms with Crippen molar-refractivity contribution in [2.24, 2.45) is 7.05 Å². The van der Waals surface area contributed by atoms with Crippen LogP contribution in [-0.2, 0) is 36.0 Å². The molecule has 5 aromatic rings. The van der Waals surface area contributed by atoms with Gasteiger partial charge in [-0.25, -0.2) is 14.8 Å². The summed E-state index contributed by atoms with van der Waals surface area (Å²) in [5, 5.41) is 0. The monoisotopic (exact) mass is 622 g/mol. The van der Waals surface area contributed by atoms with Crippen molar-refractivity contribution in [1.82, 2.24) is 19.5 Å². The first kappa shape index (κ1) is 31.0. The van der Waals surface area contributed by atoms with Gasteiger partial charge >= 0.3 is 5.97 Å². The Balaban J connectivity index is 0.000000863. The molecule has 5 heterocycles. The highest BCUT2D eigenvalue weighted by atomic mass is 16.5. The van der Waals surface area contributed by atoms with Crippen molar-refractivity contribution in [2.75, 3.05) is 34.0 Å². The van der Waals surface area contributed by atoms with E-state index in [1.807, 2.05) is 42.1 Å². The van der Waals surface area contributed by atoms with Gasteiger partial charge in [0.15, 0.2) is 0 Å². The second-order valence-electron chi connectivity index (χ2n) is 11.3. The van der Waals surface area contributed by atoms with Crippen LogP contribution in [0.1, 0.15) is 51.3 Å². The molecule has 10 nitrogen and oxygen atoms in total. The first-order valence-electron chi connectivity index (χ1n) is 15.4. The molecule has 0 atom stereocenters. The summed E-state index contributed by atoms with van der Waals surface area (Å²) in [6.45, 7) is 5.05. The largest absolute Gasteiger partial charge is 0.494 e. The number of imidazole rings is 1. The minimum atomic E-state index is -0.430. The molecular weight excluding hydrogens is 584 g/mol. The molecule has 0 amide bonds. The van der Waals surface area contributed by atoms with Gasteiger partial charge in [-0.2, -0.15) is 0 Å². The number of carbonyl (C=O) groups is 1. The zero-order valence-corrected chi connectivity index (χ0v) is 26.7. The molecule has 2 aromatic carbocycles. The number of hydrogen-bond acceptors (Lipinski definition) is 9. The summed E-state index contributed by atoms with van der Waals surface area (Å²) in [7, 11) is 4.87. The molecule has 3 aromatic heterocycles. The van der Waals surface area contributed by atoms with E-state index in [4.69, 9.17) is 33.7 Å². The van der Waals surface area contributed by atoms with Crippen molar-refractivity contribution in [1.29, 1.82) is 0 Å². The second-order valence-corrected chi connectivity index (χ2v) is 11.3. The van der Waals surface area contributed by atoms with Gasteiger partial charge in [-0.05, 0) is 73.2 Å². The molecule has 0 N–H and O–H groups in total. The van der Waals surface area contributed by atoms with Crippen LogP contribution < -0.4 is 14.2 Å². The number of pyridine rings is 2. The van der Waals surface area contributed by atoms with Gasteiger partial charge in [-0.15, -0.1) is 0 Å². The Labute approximate surface area is 268 Å². The zero-order chi connectivity index (χ0) is 32.0. The lowest BCUT2D eigenvalue weighted by atomic mass is 9.99. The number of esters is 1. The Kier molecular flexibility index (Phi) is 9.44. The van der Waals surface area contributed by atoms with Crippen molar-refractivity contribution in [2.45, 2.75) is 39.2 Å². The first-order valence-corrected chi connectivity index (χ1v) is 15.4. The number of hydrogen-bond donors (Lipinski definition) is 0.